The van der Waals surface area contributed by atoms with Crippen LogP contribution in [0.4, 0.5) is 0 Å². The van der Waals surface area contributed by atoms with E-state index in [1.165, 1.54) is 14.2 Å². The molecule has 0 atom stereocenters. The maximum atomic E-state index is 11.8. The van der Waals surface area contributed by atoms with Gasteiger partial charge in [0.2, 0.25) is 11.0 Å². The van der Waals surface area contributed by atoms with E-state index in [4.69, 9.17) is 9.79 Å². The Kier molecular flexibility index (Phi) is 12.7. The van der Waals surface area contributed by atoms with Gasteiger partial charge in [-0.15, -0.1) is 0 Å². The van der Waals surface area contributed by atoms with Crippen molar-refractivity contribution in [2.24, 2.45) is 0 Å². The van der Waals surface area contributed by atoms with Gasteiger partial charge in [-0.25, -0.2) is 0 Å². The molecular formula is C15H30O8P2. The van der Waals surface area contributed by atoms with E-state index in [9.17, 15) is 18.7 Å². The van der Waals surface area contributed by atoms with Crippen molar-refractivity contribution in [2.45, 2.75) is 70.6 Å². The van der Waals surface area contributed by atoms with Gasteiger partial charge in [-0.3, -0.25) is 18.7 Å². The zero-order valence-electron chi connectivity index (χ0n) is 15.0. The first kappa shape index (κ1) is 24.6. The molecule has 148 valence electrons. The minimum atomic E-state index is -4.55. The predicted octanol–water partition coefficient (Wildman–Crippen LogP) is 3.99. The van der Waals surface area contributed by atoms with Crippen molar-refractivity contribution >= 4 is 26.2 Å². The van der Waals surface area contributed by atoms with Crippen LogP contribution in [0.25, 0.3) is 0 Å². The lowest BCUT2D eigenvalue weighted by Gasteiger charge is -2.11. The highest BCUT2D eigenvalue weighted by Crippen LogP contribution is 2.48. The highest BCUT2D eigenvalue weighted by atomic mass is 31.2. The Hall–Kier alpha value is -0.360. The predicted molar refractivity (Wildman–Crippen MR) is 94.5 cm³/mol. The molecule has 0 aliphatic rings. The Balaban J connectivity index is 3.51. The lowest BCUT2D eigenvalue weighted by atomic mass is 10.1. The van der Waals surface area contributed by atoms with Gasteiger partial charge < -0.3 is 18.8 Å². The molecule has 2 N–H and O–H groups in total. The van der Waals surface area contributed by atoms with Crippen molar-refractivity contribution in [2.75, 3.05) is 14.2 Å². The van der Waals surface area contributed by atoms with E-state index < -0.39 is 26.2 Å². The standard InChI is InChI=1S/C15H30O8P2/c1-22-25(21,23-2)15(17)13-11-9-7-5-3-4-6-8-10-12-14(16)24(18,19)20/h3-13H2,1-2H3,(H2,18,19,20). The summed E-state index contributed by atoms with van der Waals surface area (Å²) >= 11 is 0. The van der Waals surface area contributed by atoms with Crippen LogP contribution in [0.5, 0.6) is 0 Å². The summed E-state index contributed by atoms with van der Waals surface area (Å²) in [5, 5.41) is 0. The molecule has 0 aromatic heterocycles. The second-order valence-electron chi connectivity index (χ2n) is 5.88. The van der Waals surface area contributed by atoms with Gasteiger partial charge in [0.25, 0.3) is 0 Å². The summed E-state index contributed by atoms with van der Waals surface area (Å²) in [5.74, 6) is 0. The summed E-state index contributed by atoms with van der Waals surface area (Å²) in [6.45, 7) is 0. The third-order valence-corrected chi connectivity index (χ3v) is 6.56. The highest BCUT2D eigenvalue weighted by Gasteiger charge is 2.30. The van der Waals surface area contributed by atoms with Gasteiger partial charge in [-0.2, -0.15) is 0 Å². The topological polar surface area (TPSA) is 127 Å². The maximum Gasteiger partial charge on any atom is 0.396 e. The van der Waals surface area contributed by atoms with E-state index in [0.717, 1.165) is 44.9 Å². The Morgan fingerprint density at radius 3 is 1.32 bits per heavy atom. The second-order valence-corrected chi connectivity index (χ2v) is 9.69. The molecule has 10 heteroatoms. The number of carbonyl (C=O) groups is 2. The molecule has 0 heterocycles. The lowest BCUT2D eigenvalue weighted by molar-refractivity contribution is -0.114. The van der Waals surface area contributed by atoms with Crippen LogP contribution in [0.2, 0.25) is 0 Å². The summed E-state index contributed by atoms with van der Waals surface area (Å²) in [7, 11) is -5.73. The molecular weight excluding hydrogens is 370 g/mol. The summed E-state index contributed by atoms with van der Waals surface area (Å²) in [5.41, 5.74) is -1.46. The van der Waals surface area contributed by atoms with Crippen molar-refractivity contribution in [1.82, 2.24) is 0 Å². The Bertz CT molecular complexity index is 492. The van der Waals surface area contributed by atoms with Crippen molar-refractivity contribution in [1.29, 1.82) is 0 Å². The molecule has 0 aromatic carbocycles. The Labute approximate surface area is 149 Å². The molecule has 0 rings (SSSR count). The van der Waals surface area contributed by atoms with E-state index in [1.54, 1.807) is 0 Å². The summed E-state index contributed by atoms with van der Waals surface area (Å²) < 4.78 is 31.7. The van der Waals surface area contributed by atoms with Crippen molar-refractivity contribution in [3.05, 3.63) is 0 Å². The number of hydrogen-bond donors (Lipinski definition) is 2. The molecule has 0 aromatic rings. The first-order valence-corrected chi connectivity index (χ1v) is 11.7. The normalized spacial score (nSPS) is 12.3. The smallest absolute Gasteiger partial charge is 0.319 e. The quantitative estimate of drug-likeness (QED) is 0.294. The molecule has 0 amide bonds. The minimum absolute atomic E-state index is 0.0644. The van der Waals surface area contributed by atoms with Crippen LogP contribution in [0.3, 0.4) is 0 Å². The van der Waals surface area contributed by atoms with Crippen LogP contribution in [0.15, 0.2) is 0 Å². The molecule has 0 unspecified atom stereocenters. The van der Waals surface area contributed by atoms with E-state index in [0.29, 0.717) is 12.8 Å². The number of rotatable bonds is 16. The fourth-order valence-corrected chi connectivity index (χ4v) is 3.79. The first-order valence-electron chi connectivity index (χ1n) is 8.51. The van der Waals surface area contributed by atoms with Crippen LogP contribution in [0, 0.1) is 0 Å². The second kappa shape index (κ2) is 12.9. The Morgan fingerprint density at radius 1 is 0.680 bits per heavy atom. The van der Waals surface area contributed by atoms with Gasteiger partial charge in [-0.1, -0.05) is 44.9 Å². The zero-order valence-corrected chi connectivity index (χ0v) is 16.8. The summed E-state index contributed by atoms with van der Waals surface area (Å²) in [6.07, 6.45) is 7.91. The van der Waals surface area contributed by atoms with Crippen molar-refractivity contribution < 1.29 is 37.6 Å². The average Bonchev–Trinajstić information content (AvgIpc) is 2.57. The van der Waals surface area contributed by atoms with E-state index >= 15 is 0 Å². The van der Waals surface area contributed by atoms with Gasteiger partial charge in [-0.05, 0) is 12.8 Å². The van der Waals surface area contributed by atoms with E-state index in [2.05, 4.69) is 9.05 Å². The Morgan fingerprint density at radius 2 is 1.00 bits per heavy atom. The van der Waals surface area contributed by atoms with Crippen molar-refractivity contribution in [3.63, 3.8) is 0 Å². The molecule has 8 nitrogen and oxygen atoms in total. The third kappa shape index (κ3) is 11.1. The molecule has 0 saturated carbocycles. The van der Waals surface area contributed by atoms with Crippen LogP contribution in [0.1, 0.15) is 70.6 Å². The maximum absolute atomic E-state index is 11.8. The molecule has 0 bridgehead atoms. The monoisotopic (exact) mass is 400 g/mol. The number of unbranched alkanes of at least 4 members (excludes halogenated alkanes) is 8. The molecule has 0 saturated heterocycles. The molecule has 0 spiro atoms. The fraction of sp³-hybridized carbons (Fsp3) is 0.867. The van der Waals surface area contributed by atoms with Gasteiger partial charge in [0, 0.05) is 27.1 Å². The average molecular weight is 400 g/mol. The van der Waals surface area contributed by atoms with Gasteiger partial charge in [0.05, 0.1) is 0 Å². The van der Waals surface area contributed by atoms with Gasteiger partial charge in [0.15, 0.2) is 0 Å². The first-order chi connectivity index (χ1) is 11.7. The van der Waals surface area contributed by atoms with Crippen LogP contribution < -0.4 is 0 Å². The lowest BCUT2D eigenvalue weighted by Crippen LogP contribution is -2.03. The van der Waals surface area contributed by atoms with Crippen molar-refractivity contribution in [3.8, 4) is 0 Å². The van der Waals surface area contributed by atoms with E-state index in [-0.39, 0.29) is 12.8 Å². The summed E-state index contributed by atoms with van der Waals surface area (Å²) in [6, 6.07) is 0. The number of carbonyl (C=O) groups excluding carboxylic acids is 2. The SMILES string of the molecule is COP(=O)(OC)C(=O)CCCCCCCCCCCC(=O)P(=O)(O)O. The largest absolute Gasteiger partial charge is 0.396 e. The third-order valence-electron chi connectivity index (χ3n) is 3.89. The van der Waals surface area contributed by atoms with Crippen LogP contribution >= 0.6 is 15.2 Å². The minimum Gasteiger partial charge on any atom is -0.319 e. The fourth-order valence-electron chi connectivity index (χ4n) is 2.35. The number of hydrogen-bond acceptors (Lipinski definition) is 6. The van der Waals surface area contributed by atoms with E-state index in [1.807, 2.05) is 0 Å². The van der Waals surface area contributed by atoms with Gasteiger partial charge >= 0.3 is 15.2 Å². The molecule has 0 aliphatic heterocycles. The zero-order chi connectivity index (χ0) is 19.3. The molecule has 0 radical (unpaired) electrons. The van der Waals surface area contributed by atoms with Crippen LogP contribution in [-0.4, -0.2) is 35.1 Å². The molecule has 0 aliphatic carbocycles. The summed E-state index contributed by atoms with van der Waals surface area (Å²) in [4.78, 5) is 40.0. The molecule has 0 fully saturated rings. The van der Waals surface area contributed by atoms with Gasteiger partial charge in [0.1, 0.15) is 0 Å². The van der Waals surface area contributed by atoms with Crippen LogP contribution in [-0.2, 0) is 27.8 Å². The highest BCUT2D eigenvalue weighted by molar-refractivity contribution is 7.71. The molecule has 25 heavy (non-hydrogen) atoms.